The first-order valence-corrected chi connectivity index (χ1v) is 6.30. The molecular formula is C13H20F3NO. The van der Waals surface area contributed by atoms with Crippen molar-refractivity contribution in [2.45, 2.75) is 51.2 Å². The largest absolute Gasteiger partial charge is 0.469 e. The fraction of sp³-hybridized carbons (Fsp3) is 0.692. The maximum atomic E-state index is 11.9. The van der Waals surface area contributed by atoms with Gasteiger partial charge in [0.05, 0.1) is 6.26 Å². The van der Waals surface area contributed by atoms with Gasteiger partial charge in [0.2, 0.25) is 0 Å². The van der Waals surface area contributed by atoms with Gasteiger partial charge in [-0.15, -0.1) is 0 Å². The van der Waals surface area contributed by atoms with E-state index in [1.807, 2.05) is 19.1 Å². The van der Waals surface area contributed by atoms with E-state index in [-0.39, 0.29) is 6.42 Å². The minimum atomic E-state index is -4.02. The van der Waals surface area contributed by atoms with Gasteiger partial charge < -0.3 is 9.73 Å². The van der Waals surface area contributed by atoms with Crippen LogP contribution < -0.4 is 5.32 Å². The molecule has 1 heterocycles. The summed E-state index contributed by atoms with van der Waals surface area (Å²) >= 11 is 0. The fourth-order valence-electron chi connectivity index (χ4n) is 1.71. The average Bonchev–Trinajstić information content (AvgIpc) is 2.77. The van der Waals surface area contributed by atoms with E-state index >= 15 is 0 Å². The van der Waals surface area contributed by atoms with Crippen molar-refractivity contribution in [3.05, 3.63) is 24.2 Å². The molecule has 1 unspecified atom stereocenters. The van der Waals surface area contributed by atoms with Crippen molar-refractivity contribution in [1.82, 2.24) is 5.32 Å². The third-order valence-corrected chi connectivity index (χ3v) is 2.78. The molecule has 18 heavy (non-hydrogen) atoms. The molecule has 0 aromatic carbocycles. The van der Waals surface area contributed by atoms with Crippen molar-refractivity contribution in [1.29, 1.82) is 0 Å². The maximum absolute atomic E-state index is 11.9. The minimum Gasteiger partial charge on any atom is -0.469 e. The van der Waals surface area contributed by atoms with Gasteiger partial charge in [0.25, 0.3) is 0 Å². The molecule has 0 saturated heterocycles. The quantitative estimate of drug-likeness (QED) is 0.719. The number of hydrogen-bond donors (Lipinski definition) is 1. The van der Waals surface area contributed by atoms with Gasteiger partial charge in [0.1, 0.15) is 5.76 Å². The van der Waals surface area contributed by atoms with Gasteiger partial charge in [0.15, 0.2) is 0 Å². The highest BCUT2D eigenvalue weighted by atomic mass is 19.4. The smallest absolute Gasteiger partial charge is 0.389 e. The van der Waals surface area contributed by atoms with E-state index in [9.17, 15) is 13.2 Å². The van der Waals surface area contributed by atoms with Crippen molar-refractivity contribution in [3.8, 4) is 0 Å². The van der Waals surface area contributed by atoms with Crippen LogP contribution in [-0.4, -0.2) is 18.8 Å². The molecule has 1 N–H and O–H groups in total. The number of rotatable bonds is 8. The number of unbranched alkanes of at least 4 members (excludes halogenated alkanes) is 1. The molecule has 0 spiro atoms. The van der Waals surface area contributed by atoms with Crippen LogP contribution >= 0.6 is 0 Å². The summed E-state index contributed by atoms with van der Waals surface area (Å²) in [7, 11) is 0. The second kappa shape index (κ2) is 7.46. The number of alkyl halides is 3. The lowest BCUT2D eigenvalue weighted by Crippen LogP contribution is -2.27. The number of nitrogens with one attached hydrogen (secondary N) is 1. The Morgan fingerprint density at radius 1 is 1.33 bits per heavy atom. The summed E-state index contributed by atoms with van der Waals surface area (Å²) in [5.41, 5.74) is 0. The summed E-state index contributed by atoms with van der Waals surface area (Å²) in [5, 5.41) is 3.22. The van der Waals surface area contributed by atoms with E-state index in [1.165, 1.54) is 0 Å². The van der Waals surface area contributed by atoms with Crippen LogP contribution in [-0.2, 0) is 6.42 Å². The predicted octanol–water partition coefficient (Wildman–Crippen LogP) is 3.92. The Morgan fingerprint density at radius 3 is 2.72 bits per heavy atom. The first-order valence-electron chi connectivity index (χ1n) is 6.30. The van der Waals surface area contributed by atoms with E-state index in [1.54, 1.807) is 6.26 Å². The highest BCUT2D eigenvalue weighted by molar-refractivity contribution is 4.98. The molecule has 0 saturated carbocycles. The normalized spacial score (nSPS) is 13.8. The zero-order chi connectivity index (χ0) is 13.4. The van der Waals surface area contributed by atoms with Gasteiger partial charge in [-0.2, -0.15) is 13.2 Å². The Hall–Kier alpha value is -0.970. The summed E-state index contributed by atoms with van der Waals surface area (Å²) in [6.07, 6.45) is -0.534. The van der Waals surface area contributed by atoms with Crippen molar-refractivity contribution in [3.63, 3.8) is 0 Å². The van der Waals surface area contributed by atoms with Crippen molar-refractivity contribution in [2.75, 3.05) is 6.54 Å². The fourth-order valence-corrected chi connectivity index (χ4v) is 1.71. The Balaban J connectivity index is 1.98. The van der Waals surface area contributed by atoms with Gasteiger partial charge in [0, 0.05) is 18.9 Å². The van der Waals surface area contributed by atoms with Crippen LogP contribution in [0.25, 0.3) is 0 Å². The molecule has 0 aliphatic heterocycles. The van der Waals surface area contributed by atoms with Gasteiger partial charge in [-0.25, -0.2) is 0 Å². The van der Waals surface area contributed by atoms with Crippen LogP contribution in [0, 0.1) is 0 Å². The molecule has 0 amide bonds. The minimum absolute atomic E-state index is 0.196. The number of hydrogen-bond acceptors (Lipinski definition) is 2. The molecule has 0 fully saturated rings. The van der Waals surface area contributed by atoms with Gasteiger partial charge in [-0.1, -0.05) is 0 Å². The van der Waals surface area contributed by atoms with Crippen LogP contribution in [0.5, 0.6) is 0 Å². The first kappa shape index (κ1) is 15.1. The SMILES string of the molecule is CC(CCc1ccco1)NCCCCC(F)(F)F. The Bertz CT molecular complexity index is 309. The summed E-state index contributed by atoms with van der Waals surface area (Å²) in [6.45, 7) is 2.67. The van der Waals surface area contributed by atoms with E-state index in [4.69, 9.17) is 4.42 Å². The summed E-state index contributed by atoms with van der Waals surface area (Å²) < 4.78 is 40.9. The predicted molar refractivity (Wildman–Crippen MR) is 64.4 cm³/mol. The summed E-state index contributed by atoms with van der Waals surface area (Å²) in [4.78, 5) is 0. The van der Waals surface area contributed by atoms with Gasteiger partial charge >= 0.3 is 6.18 Å². The van der Waals surface area contributed by atoms with Crippen molar-refractivity contribution < 1.29 is 17.6 Å². The first-order chi connectivity index (χ1) is 8.47. The molecule has 1 rings (SSSR count). The highest BCUT2D eigenvalue weighted by Crippen LogP contribution is 2.21. The molecule has 0 aliphatic rings. The van der Waals surface area contributed by atoms with Gasteiger partial charge in [-0.05, 0) is 44.9 Å². The molecule has 5 heteroatoms. The molecule has 1 aromatic heterocycles. The zero-order valence-electron chi connectivity index (χ0n) is 10.6. The Kier molecular flexibility index (Phi) is 6.25. The highest BCUT2D eigenvalue weighted by Gasteiger charge is 2.25. The van der Waals surface area contributed by atoms with Crippen LogP contribution in [0.3, 0.4) is 0 Å². The standard InChI is InChI=1S/C13H20F3NO/c1-11(6-7-12-5-4-10-18-12)17-9-3-2-8-13(14,15)16/h4-5,10-11,17H,2-3,6-9H2,1H3. The average molecular weight is 263 g/mol. The Labute approximate surface area is 106 Å². The molecule has 1 atom stereocenters. The van der Waals surface area contributed by atoms with E-state index < -0.39 is 12.6 Å². The topological polar surface area (TPSA) is 25.2 Å². The number of halogens is 3. The second-order valence-corrected chi connectivity index (χ2v) is 4.55. The molecule has 0 bridgehead atoms. The molecule has 0 radical (unpaired) electrons. The lowest BCUT2D eigenvalue weighted by Gasteiger charge is -2.13. The van der Waals surface area contributed by atoms with Crippen molar-refractivity contribution >= 4 is 0 Å². The van der Waals surface area contributed by atoms with E-state index in [0.29, 0.717) is 19.0 Å². The maximum Gasteiger partial charge on any atom is 0.389 e. The molecule has 104 valence electrons. The second-order valence-electron chi connectivity index (χ2n) is 4.55. The third-order valence-electron chi connectivity index (χ3n) is 2.78. The monoisotopic (exact) mass is 263 g/mol. The van der Waals surface area contributed by atoms with Crippen LogP contribution in [0.1, 0.15) is 38.4 Å². The molecule has 2 nitrogen and oxygen atoms in total. The lowest BCUT2D eigenvalue weighted by atomic mass is 10.1. The number of aryl methyl sites for hydroxylation is 1. The molecule has 1 aromatic rings. The summed E-state index contributed by atoms with van der Waals surface area (Å²) in [5.74, 6) is 0.945. The third kappa shape index (κ3) is 7.37. The van der Waals surface area contributed by atoms with Crippen LogP contribution in [0.4, 0.5) is 13.2 Å². The lowest BCUT2D eigenvalue weighted by molar-refractivity contribution is -0.135. The number of furan rings is 1. The van der Waals surface area contributed by atoms with E-state index in [0.717, 1.165) is 18.6 Å². The molecular weight excluding hydrogens is 243 g/mol. The zero-order valence-corrected chi connectivity index (χ0v) is 10.6. The van der Waals surface area contributed by atoms with Crippen molar-refractivity contribution in [2.24, 2.45) is 0 Å². The van der Waals surface area contributed by atoms with Gasteiger partial charge in [-0.3, -0.25) is 0 Å². The molecule has 0 aliphatic carbocycles. The van der Waals surface area contributed by atoms with Crippen LogP contribution in [0.2, 0.25) is 0 Å². The van der Waals surface area contributed by atoms with Crippen LogP contribution in [0.15, 0.2) is 22.8 Å². The Morgan fingerprint density at radius 2 is 2.11 bits per heavy atom. The summed E-state index contributed by atoms with van der Waals surface area (Å²) in [6, 6.07) is 4.07. The van der Waals surface area contributed by atoms with E-state index in [2.05, 4.69) is 5.32 Å².